The predicted octanol–water partition coefficient (Wildman–Crippen LogP) is -0.274. The number of H-pyrrole nitrogens is 1. The number of aromatic nitrogens is 4. The van der Waals surface area contributed by atoms with Crippen molar-refractivity contribution >= 4 is 29.9 Å². The molecule has 0 aliphatic carbocycles. The topological polar surface area (TPSA) is 97.6 Å². The minimum absolute atomic E-state index is 0. The maximum atomic E-state index is 9.68. The molecule has 0 saturated carbocycles. The van der Waals surface area contributed by atoms with Gasteiger partial charge in [-0.3, -0.25) is 0 Å². The van der Waals surface area contributed by atoms with Crippen molar-refractivity contribution in [2.24, 2.45) is 0 Å². The van der Waals surface area contributed by atoms with Gasteiger partial charge in [0.2, 0.25) is 0 Å². The Morgan fingerprint density at radius 1 is 1.67 bits per heavy atom. The largest absolute Gasteiger partial charge is 0.514 e. The van der Waals surface area contributed by atoms with Gasteiger partial charge in [0.05, 0.1) is 5.10 Å². The molecule has 0 amide bonds. The highest BCUT2D eigenvalue weighted by molar-refractivity contribution is 14.0. The summed E-state index contributed by atoms with van der Waals surface area (Å²) in [5.41, 5.74) is 0. The fourth-order valence-corrected chi connectivity index (χ4v) is 0.234. The van der Waals surface area contributed by atoms with Crippen molar-refractivity contribution in [1.82, 2.24) is 20.6 Å². The molecule has 0 atom stereocenters. The van der Waals surface area contributed by atoms with Crippen LogP contribution < -0.4 is 0 Å². The number of hydrogen-bond acceptors (Lipinski definition) is 5. The maximum Gasteiger partial charge on any atom is 0.514 e. The van der Waals surface area contributed by atoms with Crippen LogP contribution >= 0.6 is 24.0 Å². The van der Waals surface area contributed by atoms with E-state index in [1.807, 2.05) is 5.21 Å². The molecule has 0 radical (unpaired) electrons. The van der Waals surface area contributed by atoms with Crippen LogP contribution in [0.3, 0.4) is 0 Å². The quantitative estimate of drug-likeness (QED) is 0.415. The van der Waals surface area contributed by atoms with Gasteiger partial charge in [0.25, 0.3) is 0 Å². The van der Waals surface area contributed by atoms with Crippen LogP contribution in [0, 0.1) is 10.1 Å². The summed E-state index contributed by atoms with van der Waals surface area (Å²) in [5, 5.41) is 20.7. The number of hydrogen-bond donors (Lipinski definition) is 1. The fraction of sp³-hybridized carbons (Fsp3) is 0. The zero-order valence-electron chi connectivity index (χ0n) is 4.01. The van der Waals surface area contributed by atoms with Crippen molar-refractivity contribution in [2.75, 3.05) is 0 Å². The Kier molecular flexibility index (Phi) is 2.98. The molecule has 1 rings (SSSR count). The van der Waals surface area contributed by atoms with E-state index in [0.29, 0.717) is 0 Å². The molecule has 0 aromatic carbocycles. The molecule has 8 heteroatoms. The minimum atomic E-state index is -0.733. The molecule has 50 valence electrons. The average molecular weight is 243 g/mol. The highest BCUT2D eigenvalue weighted by Crippen LogP contribution is 1.91. The summed E-state index contributed by atoms with van der Waals surface area (Å²) in [7, 11) is 0. The smallest absolute Gasteiger partial charge is 0.390 e. The zero-order valence-corrected chi connectivity index (χ0v) is 6.34. The number of halogens is 1. The molecule has 0 fully saturated rings. The van der Waals surface area contributed by atoms with E-state index in [1.54, 1.807) is 0 Å². The molecule has 0 aliphatic rings. The van der Waals surface area contributed by atoms with E-state index in [1.165, 1.54) is 0 Å². The molecular formula is CH2IN5O2. The monoisotopic (exact) mass is 243 g/mol. The number of rotatable bonds is 1. The lowest BCUT2D eigenvalue weighted by Gasteiger charge is -1.79. The van der Waals surface area contributed by atoms with Crippen LogP contribution in [-0.4, -0.2) is 25.5 Å². The van der Waals surface area contributed by atoms with Crippen LogP contribution in [-0.2, 0) is 0 Å². The van der Waals surface area contributed by atoms with Crippen LogP contribution in [0.15, 0.2) is 0 Å². The second kappa shape index (κ2) is 3.27. The van der Waals surface area contributed by atoms with Gasteiger partial charge in [0, 0.05) is 10.3 Å². The predicted molar refractivity (Wildman–Crippen MR) is 36.2 cm³/mol. The highest BCUT2D eigenvalue weighted by atomic mass is 127. The zero-order chi connectivity index (χ0) is 5.98. The van der Waals surface area contributed by atoms with E-state index in [0.717, 1.165) is 0 Å². The third-order valence-corrected chi connectivity index (χ3v) is 0.497. The second-order valence-electron chi connectivity index (χ2n) is 0.969. The summed E-state index contributed by atoms with van der Waals surface area (Å²) >= 11 is 0. The van der Waals surface area contributed by atoms with Crippen molar-refractivity contribution in [3.63, 3.8) is 0 Å². The van der Waals surface area contributed by atoms with Gasteiger partial charge in [0.1, 0.15) is 0 Å². The fourth-order valence-electron chi connectivity index (χ4n) is 0.234. The lowest BCUT2D eigenvalue weighted by Crippen LogP contribution is -1.88. The average Bonchev–Trinajstić information content (AvgIpc) is 2.12. The van der Waals surface area contributed by atoms with E-state index in [9.17, 15) is 10.1 Å². The van der Waals surface area contributed by atoms with Crippen molar-refractivity contribution < 1.29 is 4.92 Å². The summed E-state index contributed by atoms with van der Waals surface area (Å²) in [6.07, 6.45) is 0. The number of nitro groups is 1. The van der Waals surface area contributed by atoms with Gasteiger partial charge in [-0.05, 0) is 4.92 Å². The summed E-state index contributed by atoms with van der Waals surface area (Å²) in [6, 6.07) is 0. The van der Waals surface area contributed by atoms with E-state index < -0.39 is 10.9 Å². The molecule has 9 heavy (non-hydrogen) atoms. The molecule has 1 N–H and O–H groups in total. The highest BCUT2D eigenvalue weighted by Gasteiger charge is 2.08. The van der Waals surface area contributed by atoms with Gasteiger partial charge < -0.3 is 10.1 Å². The Hall–Kier alpha value is -0.800. The van der Waals surface area contributed by atoms with Crippen LogP contribution in [0.25, 0.3) is 0 Å². The van der Waals surface area contributed by atoms with Crippen molar-refractivity contribution in [2.45, 2.75) is 0 Å². The maximum absolute atomic E-state index is 9.68. The summed E-state index contributed by atoms with van der Waals surface area (Å²) in [6.45, 7) is 0. The van der Waals surface area contributed by atoms with Gasteiger partial charge in [-0.2, -0.15) is 0 Å². The van der Waals surface area contributed by atoms with Crippen LogP contribution in [0.5, 0.6) is 0 Å². The molecular weight excluding hydrogens is 241 g/mol. The Bertz CT molecular complexity index is 183. The first-order chi connectivity index (χ1) is 3.80. The van der Waals surface area contributed by atoms with Crippen LogP contribution in [0.1, 0.15) is 0 Å². The lowest BCUT2D eigenvalue weighted by molar-refractivity contribution is -0.394. The molecule has 1 heterocycles. The molecule has 1 aromatic heterocycles. The molecule has 0 unspecified atom stereocenters. The van der Waals surface area contributed by atoms with Crippen molar-refractivity contribution in [1.29, 1.82) is 0 Å². The summed E-state index contributed by atoms with van der Waals surface area (Å²) in [5.74, 6) is -0.509. The lowest BCUT2D eigenvalue weighted by atomic mass is 11.1. The van der Waals surface area contributed by atoms with Crippen LogP contribution in [0.4, 0.5) is 5.95 Å². The molecule has 7 nitrogen and oxygen atoms in total. The number of tetrazole rings is 1. The van der Waals surface area contributed by atoms with Crippen molar-refractivity contribution in [3.8, 4) is 0 Å². The van der Waals surface area contributed by atoms with Gasteiger partial charge in [-0.15, -0.1) is 24.0 Å². The van der Waals surface area contributed by atoms with Crippen molar-refractivity contribution in [3.05, 3.63) is 10.1 Å². The molecule has 0 bridgehead atoms. The van der Waals surface area contributed by atoms with Gasteiger partial charge in [0.15, 0.2) is 0 Å². The van der Waals surface area contributed by atoms with E-state index in [-0.39, 0.29) is 24.0 Å². The Morgan fingerprint density at radius 3 is 2.56 bits per heavy atom. The first-order valence-electron chi connectivity index (χ1n) is 1.68. The summed E-state index contributed by atoms with van der Waals surface area (Å²) < 4.78 is 0. The number of aromatic amines is 1. The van der Waals surface area contributed by atoms with Gasteiger partial charge in [-0.25, -0.2) is 0 Å². The second-order valence-corrected chi connectivity index (χ2v) is 0.969. The van der Waals surface area contributed by atoms with E-state index >= 15 is 0 Å². The molecule has 0 saturated heterocycles. The molecule has 0 spiro atoms. The third kappa shape index (κ3) is 1.87. The standard InChI is InChI=1S/CHN5O2.HI/c7-6(8)1-2-4-5-3-1;/h(H,2,3,4,5);1H. The molecule has 0 aliphatic heterocycles. The van der Waals surface area contributed by atoms with Crippen LogP contribution in [0.2, 0.25) is 0 Å². The van der Waals surface area contributed by atoms with Gasteiger partial charge in [-0.1, -0.05) is 5.21 Å². The minimum Gasteiger partial charge on any atom is -0.390 e. The number of nitrogens with zero attached hydrogens (tertiary/aromatic N) is 4. The van der Waals surface area contributed by atoms with E-state index in [2.05, 4.69) is 15.4 Å². The number of nitrogens with one attached hydrogen (secondary N) is 1. The first kappa shape index (κ1) is 8.20. The SMILES string of the molecule is I.O=[N+]([O-])c1nn[nH]n1. The van der Waals surface area contributed by atoms with E-state index in [4.69, 9.17) is 0 Å². The third-order valence-electron chi connectivity index (χ3n) is 0.497. The molecule has 1 aromatic rings. The summed E-state index contributed by atoms with van der Waals surface area (Å²) in [4.78, 5) is 8.95. The Labute approximate surface area is 66.0 Å². The van der Waals surface area contributed by atoms with Gasteiger partial charge >= 0.3 is 5.95 Å². The Balaban J connectivity index is 0.000000640. The first-order valence-corrected chi connectivity index (χ1v) is 1.68. The normalized spacial score (nSPS) is 8.00. The Morgan fingerprint density at radius 2 is 2.33 bits per heavy atom.